The van der Waals surface area contributed by atoms with E-state index in [1.807, 2.05) is 48.5 Å². The van der Waals surface area contributed by atoms with E-state index in [-0.39, 0.29) is 12.3 Å². The molecule has 0 radical (unpaired) electrons. The maximum atomic E-state index is 11.4. The summed E-state index contributed by atoms with van der Waals surface area (Å²) in [7, 11) is 1.61. The summed E-state index contributed by atoms with van der Waals surface area (Å²) in [4.78, 5) is 11.4. The number of amides is 1. The molecule has 2 aromatic carbocycles. The van der Waals surface area contributed by atoms with Crippen molar-refractivity contribution in [3.8, 4) is 11.5 Å². The third-order valence-corrected chi connectivity index (χ3v) is 3.07. The Morgan fingerprint density at radius 1 is 1.10 bits per heavy atom. The molecule has 0 atom stereocenters. The average molecular weight is 286 g/mol. The Labute approximate surface area is 123 Å². The first kappa shape index (κ1) is 14.9. The lowest BCUT2D eigenvalue weighted by atomic mass is 10.1. The molecule has 0 unspecified atom stereocenters. The number of hydrogen-bond donors (Lipinski definition) is 2. The van der Waals surface area contributed by atoms with Gasteiger partial charge in [-0.05, 0) is 23.3 Å². The molecule has 0 spiro atoms. The molecule has 5 nitrogen and oxygen atoms in total. The molecule has 2 aromatic rings. The zero-order chi connectivity index (χ0) is 15.1. The molecule has 1 amide bonds. The first-order chi connectivity index (χ1) is 10.2. The highest BCUT2D eigenvalue weighted by Gasteiger charge is 2.07. The van der Waals surface area contributed by atoms with Crippen molar-refractivity contribution in [1.29, 1.82) is 0 Å². The number of methoxy groups -OCH3 is 1. The molecule has 0 saturated carbocycles. The first-order valence-corrected chi connectivity index (χ1v) is 6.56. The molecular weight excluding hydrogens is 268 g/mol. The number of rotatable bonds is 6. The van der Waals surface area contributed by atoms with E-state index >= 15 is 0 Å². The van der Waals surface area contributed by atoms with Gasteiger partial charge in [-0.3, -0.25) is 10.2 Å². The van der Waals surface area contributed by atoms with Crippen LogP contribution < -0.4 is 20.7 Å². The smallest absolute Gasteiger partial charge is 0.238 e. The van der Waals surface area contributed by atoms with Crippen LogP contribution in [0.4, 0.5) is 0 Å². The first-order valence-electron chi connectivity index (χ1n) is 6.56. The Morgan fingerprint density at radius 3 is 2.52 bits per heavy atom. The number of hydrazine groups is 1. The molecular formula is C16H18N2O3. The van der Waals surface area contributed by atoms with Gasteiger partial charge in [0.15, 0.2) is 0 Å². The Kier molecular flexibility index (Phi) is 5.17. The van der Waals surface area contributed by atoms with Gasteiger partial charge in [0.1, 0.15) is 18.1 Å². The van der Waals surface area contributed by atoms with Crippen molar-refractivity contribution in [2.45, 2.75) is 13.0 Å². The third-order valence-electron chi connectivity index (χ3n) is 3.07. The maximum Gasteiger partial charge on any atom is 0.238 e. The zero-order valence-corrected chi connectivity index (χ0v) is 11.8. The highest BCUT2D eigenvalue weighted by Crippen LogP contribution is 2.20. The van der Waals surface area contributed by atoms with Crippen molar-refractivity contribution in [3.63, 3.8) is 0 Å². The van der Waals surface area contributed by atoms with Crippen molar-refractivity contribution in [2.75, 3.05) is 7.11 Å². The van der Waals surface area contributed by atoms with Gasteiger partial charge < -0.3 is 9.47 Å². The predicted octanol–water partition coefficient (Wildman–Crippen LogP) is 1.81. The SMILES string of the molecule is COc1cccc(OCc2ccccc2CC(=O)NN)c1. The quantitative estimate of drug-likeness (QED) is 0.482. The number of ether oxygens (including phenoxy) is 2. The van der Waals surface area contributed by atoms with E-state index in [1.54, 1.807) is 7.11 Å². The lowest BCUT2D eigenvalue weighted by Gasteiger charge is -2.11. The molecule has 21 heavy (non-hydrogen) atoms. The molecule has 2 rings (SSSR count). The van der Waals surface area contributed by atoms with E-state index in [0.717, 1.165) is 16.9 Å². The van der Waals surface area contributed by atoms with E-state index < -0.39 is 0 Å². The van der Waals surface area contributed by atoms with Crippen molar-refractivity contribution < 1.29 is 14.3 Å². The van der Waals surface area contributed by atoms with Crippen molar-refractivity contribution in [1.82, 2.24) is 5.43 Å². The number of carbonyl (C=O) groups is 1. The second-order valence-corrected chi connectivity index (χ2v) is 4.48. The highest BCUT2D eigenvalue weighted by atomic mass is 16.5. The van der Waals surface area contributed by atoms with Crippen molar-refractivity contribution in [3.05, 3.63) is 59.7 Å². The summed E-state index contributed by atoms with van der Waals surface area (Å²) in [5, 5.41) is 0. The van der Waals surface area contributed by atoms with Gasteiger partial charge in [-0.2, -0.15) is 0 Å². The number of benzene rings is 2. The van der Waals surface area contributed by atoms with Gasteiger partial charge in [-0.1, -0.05) is 30.3 Å². The van der Waals surface area contributed by atoms with Crippen LogP contribution in [-0.4, -0.2) is 13.0 Å². The molecule has 0 saturated heterocycles. The largest absolute Gasteiger partial charge is 0.497 e. The fourth-order valence-corrected chi connectivity index (χ4v) is 1.95. The van der Waals surface area contributed by atoms with E-state index in [2.05, 4.69) is 5.43 Å². The molecule has 110 valence electrons. The lowest BCUT2D eigenvalue weighted by Crippen LogP contribution is -2.31. The van der Waals surface area contributed by atoms with Gasteiger partial charge in [0, 0.05) is 6.07 Å². The Morgan fingerprint density at radius 2 is 1.81 bits per heavy atom. The monoisotopic (exact) mass is 286 g/mol. The van der Waals surface area contributed by atoms with E-state index in [0.29, 0.717) is 12.4 Å². The molecule has 0 aliphatic carbocycles. The summed E-state index contributed by atoms with van der Waals surface area (Å²) in [5.41, 5.74) is 3.97. The van der Waals surface area contributed by atoms with Crippen molar-refractivity contribution >= 4 is 5.91 Å². The van der Waals surface area contributed by atoms with Crippen LogP contribution in [-0.2, 0) is 17.8 Å². The summed E-state index contributed by atoms with van der Waals surface area (Å²) >= 11 is 0. The van der Waals surface area contributed by atoms with Crippen LogP contribution in [0.1, 0.15) is 11.1 Å². The van der Waals surface area contributed by atoms with Gasteiger partial charge in [0.2, 0.25) is 5.91 Å². The molecule has 0 bridgehead atoms. The van der Waals surface area contributed by atoms with Crippen LogP contribution in [0.3, 0.4) is 0 Å². The van der Waals surface area contributed by atoms with Crippen LogP contribution in [0.15, 0.2) is 48.5 Å². The summed E-state index contributed by atoms with van der Waals surface area (Å²) in [6.07, 6.45) is 0.230. The van der Waals surface area contributed by atoms with Crippen LogP contribution in [0.5, 0.6) is 11.5 Å². The predicted molar refractivity (Wildman–Crippen MR) is 79.8 cm³/mol. The summed E-state index contributed by atoms with van der Waals surface area (Å²) in [6.45, 7) is 0.376. The van der Waals surface area contributed by atoms with Gasteiger partial charge in [-0.25, -0.2) is 5.84 Å². The second kappa shape index (κ2) is 7.31. The topological polar surface area (TPSA) is 73.6 Å². The molecule has 0 fully saturated rings. The normalized spacial score (nSPS) is 10.0. The van der Waals surface area contributed by atoms with Crippen LogP contribution >= 0.6 is 0 Å². The number of hydrogen-bond acceptors (Lipinski definition) is 4. The number of carbonyl (C=O) groups excluding carboxylic acids is 1. The Hall–Kier alpha value is -2.53. The van der Waals surface area contributed by atoms with Gasteiger partial charge in [0.05, 0.1) is 13.5 Å². The highest BCUT2D eigenvalue weighted by molar-refractivity contribution is 5.78. The minimum atomic E-state index is -0.233. The Bertz CT molecular complexity index is 614. The van der Waals surface area contributed by atoms with E-state index in [4.69, 9.17) is 15.3 Å². The minimum absolute atomic E-state index is 0.230. The van der Waals surface area contributed by atoms with Crippen LogP contribution in [0, 0.1) is 0 Å². The number of nitrogens with two attached hydrogens (primary N) is 1. The number of nitrogens with one attached hydrogen (secondary N) is 1. The van der Waals surface area contributed by atoms with Gasteiger partial charge in [-0.15, -0.1) is 0 Å². The Balaban J connectivity index is 2.07. The lowest BCUT2D eigenvalue weighted by molar-refractivity contribution is -0.120. The third kappa shape index (κ3) is 4.22. The van der Waals surface area contributed by atoms with Crippen LogP contribution in [0.25, 0.3) is 0 Å². The fraction of sp³-hybridized carbons (Fsp3) is 0.188. The molecule has 3 N–H and O–H groups in total. The van der Waals surface area contributed by atoms with E-state index in [1.165, 1.54) is 0 Å². The molecule has 5 heteroatoms. The zero-order valence-electron chi connectivity index (χ0n) is 11.8. The minimum Gasteiger partial charge on any atom is -0.497 e. The summed E-state index contributed by atoms with van der Waals surface area (Å²) < 4.78 is 10.9. The summed E-state index contributed by atoms with van der Waals surface area (Å²) in [6, 6.07) is 15.0. The van der Waals surface area contributed by atoms with Crippen LogP contribution in [0.2, 0.25) is 0 Å². The average Bonchev–Trinajstić information content (AvgIpc) is 2.54. The fourth-order valence-electron chi connectivity index (χ4n) is 1.95. The van der Waals surface area contributed by atoms with E-state index in [9.17, 15) is 4.79 Å². The molecule has 0 aromatic heterocycles. The molecule has 0 heterocycles. The van der Waals surface area contributed by atoms with Gasteiger partial charge >= 0.3 is 0 Å². The maximum absolute atomic E-state index is 11.4. The standard InChI is InChI=1S/C16H18N2O3/c1-20-14-7-4-8-15(10-14)21-11-13-6-3-2-5-12(13)9-16(19)18-17/h2-8,10H,9,11,17H2,1H3,(H,18,19). The molecule has 0 aliphatic heterocycles. The van der Waals surface area contributed by atoms with Gasteiger partial charge in [0.25, 0.3) is 0 Å². The second-order valence-electron chi connectivity index (χ2n) is 4.48. The molecule has 0 aliphatic rings. The van der Waals surface area contributed by atoms with Crippen molar-refractivity contribution in [2.24, 2.45) is 5.84 Å². The summed E-state index contributed by atoms with van der Waals surface area (Å²) in [5.74, 6) is 6.34.